The Morgan fingerprint density at radius 2 is 1.06 bits per heavy atom. The molecule has 0 atom stereocenters. The van der Waals surface area contributed by atoms with Crippen LogP contribution in [0.15, 0.2) is 146 Å². The zero-order valence-corrected chi connectivity index (χ0v) is 26.7. The second-order valence-corrected chi connectivity index (χ2v) is 13.2. The summed E-state index contributed by atoms with van der Waals surface area (Å²) in [4.78, 5) is 10.6. The van der Waals surface area contributed by atoms with Gasteiger partial charge in [-0.3, -0.25) is 4.57 Å². The Kier molecular flexibility index (Phi) is 6.07. The summed E-state index contributed by atoms with van der Waals surface area (Å²) in [7, 11) is 0. The van der Waals surface area contributed by atoms with Crippen LogP contribution in [-0.4, -0.2) is 14.5 Å². The second kappa shape index (κ2) is 10.4. The summed E-state index contributed by atoms with van der Waals surface area (Å²) in [5.74, 6) is 0.668. The smallest absolute Gasteiger partial charge is 0.235 e. The van der Waals surface area contributed by atoms with E-state index in [2.05, 4.69) is 159 Å². The van der Waals surface area contributed by atoms with E-state index in [1.165, 1.54) is 49.7 Å². The lowest BCUT2D eigenvalue weighted by Gasteiger charge is -2.21. The van der Waals surface area contributed by atoms with Gasteiger partial charge in [-0.1, -0.05) is 135 Å². The SMILES string of the molecule is Cc1ccc(-c2ccc3c(c2)c2cc4c(cc2n3-c2nc(-c3ccccc3)cc(-c3ccccc3)n2)C(C)(C)c2ccccc2-4)cc1. The average molecular weight is 604 g/mol. The molecule has 0 unspecified atom stereocenters. The first kappa shape index (κ1) is 27.5. The van der Waals surface area contributed by atoms with Crippen LogP contribution in [0.5, 0.6) is 0 Å². The van der Waals surface area contributed by atoms with Crippen LogP contribution in [-0.2, 0) is 5.41 Å². The van der Waals surface area contributed by atoms with Crippen molar-refractivity contribution in [1.29, 1.82) is 0 Å². The molecule has 0 spiro atoms. The lowest BCUT2D eigenvalue weighted by Crippen LogP contribution is -2.15. The molecule has 0 saturated carbocycles. The minimum absolute atomic E-state index is 0.129. The minimum Gasteiger partial charge on any atom is -0.278 e. The molecule has 1 aliphatic carbocycles. The molecule has 1 aliphatic rings. The van der Waals surface area contributed by atoms with Gasteiger partial charge in [0.1, 0.15) is 0 Å². The zero-order chi connectivity index (χ0) is 31.7. The number of hydrogen-bond acceptors (Lipinski definition) is 2. The molecule has 9 rings (SSSR count). The predicted octanol–water partition coefficient (Wildman–Crippen LogP) is 11.2. The Labute approximate surface area is 274 Å². The van der Waals surface area contributed by atoms with E-state index in [9.17, 15) is 0 Å². The summed E-state index contributed by atoms with van der Waals surface area (Å²) in [6.45, 7) is 6.81. The van der Waals surface area contributed by atoms with Crippen LogP contribution in [0.1, 0.15) is 30.5 Å². The summed E-state index contributed by atoms with van der Waals surface area (Å²) < 4.78 is 2.28. The highest BCUT2D eigenvalue weighted by Crippen LogP contribution is 2.51. The first-order chi connectivity index (χ1) is 23.0. The number of nitrogens with zero attached hydrogens (tertiary/aromatic N) is 3. The van der Waals surface area contributed by atoms with E-state index in [1.807, 2.05) is 12.1 Å². The van der Waals surface area contributed by atoms with Crippen LogP contribution < -0.4 is 0 Å². The predicted molar refractivity (Wildman–Crippen MR) is 195 cm³/mol. The lowest BCUT2D eigenvalue weighted by molar-refractivity contribution is 0.661. The van der Waals surface area contributed by atoms with E-state index in [0.717, 1.165) is 33.5 Å². The van der Waals surface area contributed by atoms with Gasteiger partial charge in [-0.15, -0.1) is 0 Å². The van der Waals surface area contributed by atoms with Gasteiger partial charge in [0.2, 0.25) is 5.95 Å². The van der Waals surface area contributed by atoms with Crippen LogP contribution in [0.4, 0.5) is 0 Å². The van der Waals surface area contributed by atoms with Gasteiger partial charge in [-0.2, -0.15) is 0 Å². The highest BCUT2D eigenvalue weighted by molar-refractivity contribution is 6.12. The van der Waals surface area contributed by atoms with Gasteiger partial charge in [-0.05, 0) is 70.6 Å². The quantitative estimate of drug-likeness (QED) is 0.200. The lowest BCUT2D eigenvalue weighted by atomic mass is 9.82. The van der Waals surface area contributed by atoms with Crippen molar-refractivity contribution >= 4 is 21.8 Å². The number of fused-ring (bicyclic) bond motifs is 6. The molecule has 0 amide bonds. The Bertz CT molecular complexity index is 2410. The van der Waals surface area contributed by atoms with Crippen LogP contribution in [0.25, 0.3) is 72.5 Å². The summed E-state index contributed by atoms with van der Waals surface area (Å²) in [6.07, 6.45) is 0. The molecule has 6 aromatic carbocycles. The fourth-order valence-corrected chi connectivity index (χ4v) is 7.40. The van der Waals surface area contributed by atoms with E-state index >= 15 is 0 Å². The van der Waals surface area contributed by atoms with Crippen molar-refractivity contribution in [2.45, 2.75) is 26.2 Å². The maximum absolute atomic E-state index is 5.28. The van der Waals surface area contributed by atoms with Crippen molar-refractivity contribution in [2.24, 2.45) is 0 Å². The van der Waals surface area contributed by atoms with E-state index < -0.39 is 0 Å². The summed E-state index contributed by atoms with van der Waals surface area (Å²) in [5.41, 5.74) is 15.0. The van der Waals surface area contributed by atoms with Crippen LogP contribution >= 0.6 is 0 Å². The van der Waals surface area contributed by atoms with E-state index in [4.69, 9.17) is 9.97 Å². The van der Waals surface area contributed by atoms with E-state index in [0.29, 0.717) is 5.95 Å². The first-order valence-electron chi connectivity index (χ1n) is 16.3. The standard InChI is InChI=1S/C44H33N3/c1-28-18-20-29(21-19-28)32-22-23-41-35(24-32)36-25-34-33-16-10-11-17-37(33)44(2,3)38(34)26-42(36)47(41)43-45-39(30-12-6-4-7-13-30)27-40(46-43)31-14-8-5-9-15-31/h4-27H,1-3H3. The molecule has 0 radical (unpaired) electrons. The molecule has 0 saturated heterocycles. The number of rotatable bonds is 4. The van der Waals surface area contributed by atoms with E-state index in [-0.39, 0.29) is 5.41 Å². The van der Waals surface area contributed by atoms with Crippen LogP contribution in [0, 0.1) is 6.92 Å². The normalized spacial score (nSPS) is 13.2. The number of aromatic nitrogens is 3. The Balaban J connectivity index is 1.37. The Morgan fingerprint density at radius 3 is 1.74 bits per heavy atom. The van der Waals surface area contributed by atoms with Crippen LogP contribution in [0.3, 0.4) is 0 Å². The van der Waals surface area contributed by atoms with Gasteiger partial charge in [-0.25, -0.2) is 9.97 Å². The van der Waals surface area contributed by atoms with Crippen molar-refractivity contribution in [3.8, 4) is 50.7 Å². The van der Waals surface area contributed by atoms with Crippen LogP contribution in [0.2, 0.25) is 0 Å². The van der Waals surface area contributed by atoms with Gasteiger partial charge in [0, 0.05) is 27.3 Å². The molecule has 0 bridgehead atoms. The van der Waals surface area contributed by atoms with Gasteiger partial charge < -0.3 is 0 Å². The first-order valence-corrected chi connectivity index (χ1v) is 16.3. The molecule has 3 heteroatoms. The van der Waals surface area contributed by atoms with Crippen molar-refractivity contribution in [3.05, 3.63) is 162 Å². The fourth-order valence-electron chi connectivity index (χ4n) is 7.40. The molecule has 0 aliphatic heterocycles. The van der Waals surface area contributed by atoms with Gasteiger partial charge in [0.15, 0.2) is 0 Å². The monoisotopic (exact) mass is 603 g/mol. The minimum atomic E-state index is -0.129. The average Bonchev–Trinajstić information content (AvgIpc) is 3.56. The molecular weight excluding hydrogens is 571 g/mol. The van der Waals surface area contributed by atoms with Crippen molar-refractivity contribution < 1.29 is 0 Å². The largest absolute Gasteiger partial charge is 0.278 e. The maximum atomic E-state index is 5.28. The number of aryl methyl sites for hydroxylation is 1. The van der Waals surface area contributed by atoms with E-state index in [1.54, 1.807) is 0 Å². The van der Waals surface area contributed by atoms with Gasteiger partial charge >= 0.3 is 0 Å². The number of hydrogen-bond donors (Lipinski definition) is 0. The third-order valence-corrected chi connectivity index (χ3v) is 9.91. The molecule has 8 aromatic rings. The highest BCUT2D eigenvalue weighted by atomic mass is 15.2. The molecule has 2 aromatic heterocycles. The molecular formula is C44H33N3. The molecule has 0 fully saturated rings. The topological polar surface area (TPSA) is 30.7 Å². The second-order valence-electron chi connectivity index (χ2n) is 13.2. The molecule has 47 heavy (non-hydrogen) atoms. The highest BCUT2D eigenvalue weighted by Gasteiger charge is 2.36. The molecule has 3 nitrogen and oxygen atoms in total. The number of benzene rings is 6. The van der Waals surface area contributed by atoms with Crippen molar-refractivity contribution in [1.82, 2.24) is 14.5 Å². The maximum Gasteiger partial charge on any atom is 0.235 e. The fraction of sp³-hybridized carbons (Fsp3) is 0.0909. The third-order valence-electron chi connectivity index (χ3n) is 9.91. The van der Waals surface area contributed by atoms with Crippen molar-refractivity contribution in [2.75, 3.05) is 0 Å². The Morgan fingerprint density at radius 1 is 0.468 bits per heavy atom. The molecule has 2 heterocycles. The molecule has 224 valence electrons. The van der Waals surface area contributed by atoms with Crippen molar-refractivity contribution in [3.63, 3.8) is 0 Å². The summed E-state index contributed by atoms with van der Waals surface area (Å²) >= 11 is 0. The molecule has 0 N–H and O–H groups in total. The Hall–Kier alpha value is -5.80. The van der Waals surface area contributed by atoms with Gasteiger partial charge in [0.25, 0.3) is 0 Å². The summed E-state index contributed by atoms with van der Waals surface area (Å²) in [6, 6.07) is 52.2. The summed E-state index contributed by atoms with van der Waals surface area (Å²) in [5, 5.41) is 2.40. The third kappa shape index (κ3) is 4.34. The zero-order valence-electron chi connectivity index (χ0n) is 26.7. The van der Waals surface area contributed by atoms with Gasteiger partial charge in [0.05, 0.1) is 22.4 Å².